The summed E-state index contributed by atoms with van der Waals surface area (Å²) in [6.07, 6.45) is 7.47. The van der Waals surface area contributed by atoms with Crippen molar-refractivity contribution in [2.24, 2.45) is 5.92 Å². The van der Waals surface area contributed by atoms with Gasteiger partial charge in [0.2, 0.25) is 5.89 Å². The number of nitrogens with zero attached hydrogens (tertiary/aromatic N) is 3. The van der Waals surface area contributed by atoms with Crippen LogP contribution in [-0.4, -0.2) is 54.6 Å². The molecule has 0 bridgehead atoms. The Morgan fingerprint density at radius 3 is 2.76 bits per heavy atom. The zero-order valence-corrected chi connectivity index (χ0v) is 15.4. The topological polar surface area (TPSA) is 105 Å². The summed E-state index contributed by atoms with van der Waals surface area (Å²) < 4.78 is 28.2. The minimum Gasteiger partial charge on any atom is -0.339 e. The predicted molar refractivity (Wildman–Crippen MR) is 91.8 cm³/mol. The highest BCUT2D eigenvalue weighted by atomic mass is 32.2. The molecule has 1 unspecified atom stereocenters. The fraction of sp³-hybridized carbons (Fsp3) is 0.812. The summed E-state index contributed by atoms with van der Waals surface area (Å²) in [6.45, 7) is 1.34. The number of carbonyl (C=O) groups excluding carboxylic acids is 1. The van der Waals surface area contributed by atoms with Gasteiger partial charge >= 0.3 is 6.03 Å². The van der Waals surface area contributed by atoms with Crippen molar-refractivity contribution in [1.82, 2.24) is 20.4 Å². The summed E-state index contributed by atoms with van der Waals surface area (Å²) in [6, 6.07) is -0.203. The second-order valence-corrected chi connectivity index (χ2v) is 9.42. The first-order chi connectivity index (χ1) is 11.9. The molecular weight excluding hydrogens is 344 g/mol. The summed E-state index contributed by atoms with van der Waals surface area (Å²) in [4.78, 5) is 18.4. The molecule has 0 spiro atoms. The highest BCUT2D eigenvalue weighted by Gasteiger charge is 2.27. The largest absolute Gasteiger partial charge is 0.339 e. The fourth-order valence-electron chi connectivity index (χ4n) is 3.76. The molecular formula is C16H26N4O4S. The van der Waals surface area contributed by atoms with Gasteiger partial charge in [0.05, 0.1) is 12.3 Å². The van der Waals surface area contributed by atoms with Crippen LogP contribution in [0, 0.1) is 5.92 Å². The second-order valence-electron chi connectivity index (χ2n) is 7.24. The average molecular weight is 370 g/mol. The molecule has 9 heteroatoms. The summed E-state index contributed by atoms with van der Waals surface area (Å²) in [5, 5.41) is 6.75. The average Bonchev–Trinajstić information content (AvgIpc) is 3.22. The fourth-order valence-corrected chi connectivity index (χ4v) is 4.89. The number of hydrogen-bond acceptors (Lipinski definition) is 6. The molecule has 1 atom stereocenters. The van der Waals surface area contributed by atoms with Crippen molar-refractivity contribution in [3.63, 3.8) is 0 Å². The maximum absolute atomic E-state index is 12.3. The van der Waals surface area contributed by atoms with Gasteiger partial charge in [-0.3, -0.25) is 0 Å². The van der Waals surface area contributed by atoms with Gasteiger partial charge in [-0.2, -0.15) is 4.98 Å². The Hall–Kier alpha value is -1.64. The summed E-state index contributed by atoms with van der Waals surface area (Å²) >= 11 is 0. The van der Waals surface area contributed by atoms with E-state index in [-0.39, 0.29) is 24.2 Å². The van der Waals surface area contributed by atoms with E-state index in [4.69, 9.17) is 4.52 Å². The Balaban J connectivity index is 1.48. The normalized spacial score (nSPS) is 22.3. The molecule has 0 radical (unpaired) electrons. The lowest BCUT2D eigenvalue weighted by Gasteiger charge is -2.32. The van der Waals surface area contributed by atoms with Crippen LogP contribution in [0.25, 0.3) is 0 Å². The number of nitrogens with one attached hydrogen (secondary N) is 1. The van der Waals surface area contributed by atoms with Gasteiger partial charge in [0.15, 0.2) is 5.82 Å². The van der Waals surface area contributed by atoms with E-state index >= 15 is 0 Å². The van der Waals surface area contributed by atoms with Crippen molar-refractivity contribution in [2.45, 2.75) is 51.0 Å². The van der Waals surface area contributed by atoms with Gasteiger partial charge in [-0.1, -0.05) is 18.0 Å². The van der Waals surface area contributed by atoms with E-state index in [9.17, 15) is 13.2 Å². The molecule has 2 heterocycles. The van der Waals surface area contributed by atoms with Crippen molar-refractivity contribution in [3.05, 3.63) is 11.7 Å². The second kappa shape index (κ2) is 7.72. The molecule has 25 heavy (non-hydrogen) atoms. The standard InChI is InChI=1S/C16H26N4O4S/c1-25(22,23)11-12-5-4-8-20(10-12)16(21)17-9-14-18-15(24-19-14)13-6-2-3-7-13/h12-13H,2-11H2,1H3,(H,17,21). The molecule has 0 aromatic carbocycles. The van der Waals surface area contributed by atoms with Crippen molar-refractivity contribution < 1.29 is 17.7 Å². The van der Waals surface area contributed by atoms with Crippen molar-refractivity contribution in [1.29, 1.82) is 0 Å². The first-order valence-electron chi connectivity index (χ1n) is 8.93. The molecule has 140 valence electrons. The first-order valence-corrected chi connectivity index (χ1v) is 11.0. The van der Waals surface area contributed by atoms with Crippen LogP contribution in [-0.2, 0) is 16.4 Å². The number of amides is 2. The Morgan fingerprint density at radius 1 is 1.28 bits per heavy atom. The van der Waals surface area contributed by atoms with Crippen LogP contribution in [0.3, 0.4) is 0 Å². The highest BCUT2D eigenvalue weighted by molar-refractivity contribution is 7.90. The van der Waals surface area contributed by atoms with Gasteiger partial charge in [-0.05, 0) is 31.6 Å². The number of sulfone groups is 1. The van der Waals surface area contributed by atoms with Crippen LogP contribution in [0.1, 0.15) is 56.2 Å². The lowest BCUT2D eigenvalue weighted by molar-refractivity contribution is 0.169. The molecule has 1 aliphatic heterocycles. The quantitative estimate of drug-likeness (QED) is 0.845. The van der Waals surface area contributed by atoms with E-state index < -0.39 is 9.84 Å². The van der Waals surface area contributed by atoms with Crippen LogP contribution in [0.15, 0.2) is 4.52 Å². The van der Waals surface area contributed by atoms with Crippen LogP contribution >= 0.6 is 0 Å². The monoisotopic (exact) mass is 370 g/mol. The van der Waals surface area contributed by atoms with Crippen molar-refractivity contribution in [3.8, 4) is 0 Å². The van der Waals surface area contributed by atoms with Crippen LogP contribution < -0.4 is 5.32 Å². The smallest absolute Gasteiger partial charge is 0.317 e. The van der Waals surface area contributed by atoms with Gasteiger partial charge in [0, 0.05) is 25.3 Å². The SMILES string of the molecule is CS(=O)(=O)CC1CCCN(C(=O)NCc2noc(C3CCCC3)n2)C1. The molecule has 1 aliphatic carbocycles. The molecule has 1 saturated carbocycles. The zero-order valence-electron chi connectivity index (χ0n) is 14.6. The summed E-state index contributed by atoms with van der Waals surface area (Å²) in [5.41, 5.74) is 0. The lowest BCUT2D eigenvalue weighted by atomic mass is 10.0. The molecule has 1 aromatic heterocycles. The number of likely N-dealkylation sites (tertiary alicyclic amines) is 1. The number of aromatic nitrogens is 2. The van der Waals surface area contributed by atoms with Crippen LogP contribution in [0.4, 0.5) is 4.79 Å². The Kier molecular flexibility index (Phi) is 5.61. The van der Waals surface area contributed by atoms with Gasteiger partial charge in [0.25, 0.3) is 0 Å². The molecule has 2 fully saturated rings. The molecule has 1 N–H and O–H groups in total. The van der Waals surface area contributed by atoms with E-state index in [2.05, 4.69) is 15.5 Å². The third kappa shape index (κ3) is 5.17. The Morgan fingerprint density at radius 2 is 2.04 bits per heavy atom. The molecule has 2 aliphatic rings. The lowest BCUT2D eigenvalue weighted by Crippen LogP contribution is -2.46. The van der Waals surface area contributed by atoms with Gasteiger partial charge in [-0.25, -0.2) is 13.2 Å². The van der Waals surface area contributed by atoms with E-state index in [0.717, 1.165) is 25.7 Å². The third-order valence-corrected chi connectivity index (χ3v) is 6.01. The maximum atomic E-state index is 12.3. The number of urea groups is 1. The Bertz CT molecular complexity index is 697. The van der Waals surface area contributed by atoms with E-state index in [0.29, 0.717) is 30.7 Å². The summed E-state index contributed by atoms with van der Waals surface area (Å²) in [5.74, 6) is 1.66. The summed E-state index contributed by atoms with van der Waals surface area (Å²) in [7, 11) is -3.02. The number of carbonyl (C=O) groups is 1. The van der Waals surface area contributed by atoms with Crippen molar-refractivity contribution in [2.75, 3.05) is 25.1 Å². The molecule has 2 amide bonds. The Labute approximate surface area is 148 Å². The van der Waals surface area contributed by atoms with Crippen LogP contribution in [0.2, 0.25) is 0 Å². The number of rotatable bonds is 5. The zero-order chi connectivity index (χ0) is 17.9. The van der Waals surface area contributed by atoms with Crippen molar-refractivity contribution >= 4 is 15.9 Å². The first kappa shape index (κ1) is 18.2. The minimum atomic E-state index is -3.02. The minimum absolute atomic E-state index is 0.00800. The number of hydrogen-bond donors (Lipinski definition) is 1. The maximum Gasteiger partial charge on any atom is 0.317 e. The molecule has 8 nitrogen and oxygen atoms in total. The molecule has 3 rings (SSSR count). The van der Waals surface area contributed by atoms with E-state index in [1.165, 1.54) is 19.1 Å². The van der Waals surface area contributed by atoms with Gasteiger partial charge in [0.1, 0.15) is 9.84 Å². The van der Waals surface area contributed by atoms with Gasteiger partial charge < -0.3 is 14.7 Å². The van der Waals surface area contributed by atoms with E-state index in [1.807, 2.05) is 0 Å². The number of piperidine rings is 1. The van der Waals surface area contributed by atoms with Crippen LogP contribution in [0.5, 0.6) is 0 Å². The molecule has 1 aromatic rings. The van der Waals surface area contributed by atoms with E-state index in [1.54, 1.807) is 4.90 Å². The third-order valence-electron chi connectivity index (χ3n) is 4.93. The predicted octanol–water partition coefficient (Wildman–Crippen LogP) is 1.69. The molecule has 1 saturated heterocycles. The van der Waals surface area contributed by atoms with Gasteiger partial charge in [-0.15, -0.1) is 0 Å². The highest BCUT2D eigenvalue weighted by Crippen LogP contribution is 2.32.